The van der Waals surface area contributed by atoms with Gasteiger partial charge in [-0.05, 0) is 26.9 Å². The van der Waals surface area contributed by atoms with E-state index in [4.69, 9.17) is 4.55 Å². The van der Waals surface area contributed by atoms with Crippen molar-refractivity contribution in [3.05, 3.63) is 0 Å². The van der Waals surface area contributed by atoms with Crippen LogP contribution >= 0.6 is 0 Å². The lowest BCUT2D eigenvalue weighted by Gasteiger charge is -2.21. The zero-order valence-corrected chi connectivity index (χ0v) is 17.7. The summed E-state index contributed by atoms with van der Waals surface area (Å²) >= 11 is 0. The molecule has 162 valence electrons. The van der Waals surface area contributed by atoms with Crippen molar-refractivity contribution in [2.45, 2.75) is 38.1 Å². The predicted octanol–water partition coefficient (Wildman–Crippen LogP) is -1.24. The maximum absolute atomic E-state index is 10.3. The van der Waals surface area contributed by atoms with Gasteiger partial charge in [-0.25, -0.2) is 0 Å². The molecular formula is C16H39N7O3S. The van der Waals surface area contributed by atoms with Crippen LogP contribution in [0.25, 0.3) is 0 Å². The second-order valence-electron chi connectivity index (χ2n) is 7.27. The molecule has 1 aliphatic heterocycles. The van der Waals surface area contributed by atoms with Crippen LogP contribution in [0.1, 0.15) is 32.1 Å². The van der Waals surface area contributed by atoms with Crippen LogP contribution in [0.15, 0.2) is 0 Å². The van der Waals surface area contributed by atoms with E-state index in [1.54, 1.807) is 0 Å². The van der Waals surface area contributed by atoms with Crippen LogP contribution in [0.2, 0.25) is 0 Å². The van der Waals surface area contributed by atoms with Gasteiger partial charge >= 0.3 is 10.3 Å². The van der Waals surface area contributed by atoms with Crippen molar-refractivity contribution in [2.24, 2.45) is 0 Å². The van der Waals surface area contributed by atoms with Gasteiger partial charge in [0, 0.05) is 58.9 Å². The smallest absolute Gasteiger partial charge is 0.303 e. The first-order valence-corrected chi connectivity index (χ1v) is 11.3. The maximum Gasteiger partial charge on any atom is 0.333 e. The summed E-state index contributed by atoms with van der Waals surface area (Å²) in [5.41, 5.74) is 0. The normalized spacial score (nSPS) is 23.8. The highest BCUT2D eigenvalue weighted by Crippen LogP contribution is 2.17. The quantitative estimate of drug-likeness (QED) is 0.311. The van der Waals surface area contributed by atoms with E-state index < -0.39 is 10.3 Å². The molecule has 0 amide bonds. The Morgan fingerprint density at radius 2 is 1.15 bits per heavy atom. The highest BCUT2D eigenvalue weighted by Gasteiger charge is 2.17. The molecule has 0 bridgehead atoms. The van der Waals surface area contributed by atoms with Gasteiger partial charge < -0.3 is 21.3 Å². The van der Waals surface area contributed by atoms with Crippen molar-refractivity contribution in [2.75, 3.05) is 66.9 Å². The Kier molecular flexibility index (Phi) is 13.3. The summed E-state index contributed by atoms with van der Waals surface area (Å²) in [7, 11) is 0.249. The molecule has 2 rings (SSSR count). The summed E-state index contributed by atoms with van der Waals surface area (Å²) in [5, 5.41) is 13.6. The lowest BCUT2D eigenvalue weighted by molar-refractivity contribution is 0.258. The van der Waals surface area contributed by atoms with E-state index in [-0.39, 0.29) is 6.04 Å². The minimum Gasteiger partial charge on any atom is -0.303 e. The van der Waals surface area contributed by atoms with Gasteiger partial charge in [-0.15, -0.1) is 0 Å². The Labute approximate surface area is 164 Å². The molecule has 1 aliphatic carbocycles. The molecule has 0 radical (unpaired) electrons. The first kappa shape index (κ1) is 24.7. The molecule has 0 spiro atoms. The highest BCUT2D eigenvalue weighted by molar-refractivity contribution is 7.83. The third-order valence-electron chi connectivity index (χ3n) is 4.40. The average molecular weight is 410 g/mol. The van der Waals surface area contributed by atoms with E-state index in [1.165, 1.54) is 6.42 Å². The molecule has 2 fully saturated rings. The first-order chi connectivity index (χ1) is 12.9. The summed E-state index contributed by atoms with van der Waals surface area (Å²) in [5.74, 6) is 0. The molecule has 0 aromatic heterocycles. The van der Waals surface area contributed by atoms with Gasteiger partial charge in [0.05, 0.1) is 0 Å². The second kappa shape index (κ2) is 14.6. The Morgan fingerprint density at radius 3 is 1.48 bits per heavy atom. The highest BCUT2D eigenvalue weighted by atomic mass is 32.2. The van der Waals surface area contributed by atoms with Gasteiger partial charge in [-0.1, -0.05) is 19.3 Å². The lowest BCUT2D eigenvalue weighted by Crippen LogP contribution is -2.45. The zero-order valence-electron chi connectivity index (χ0n) is 16.8. The van der Waals surface area contributed by atoms with Crippen molar-refractivity contribution >= 4 is 10.3 Å². The summed E-state index contributed by atoms with van der Waals surface area (Å²) in [6.07, 6.45) is 4.96. The Balaban J connectivity index is 0.000000289. The van der Waals surface area contributed by atoms with Crippen LogP contribution in [-0.2, 0) is 10.3 Å². The molecule has 0 atom stereocenters. The number of hydrogen-bond donors (Lipinski definition) is 6. The topological polar surface area (TPSA) is 121 Å². The van der Waals surface area contributed by atoms with Gasteiger partial charge in [-0.3, -0.25) is 14.4 Å². The summed E-state index contributed by atoms with van der Waals surface area (Å²) in [6.45, 7) is 7.74. The van der Waals surface area contributed by atoms with Gasteiger partial charge in [0.1, 0.15) is 0 Å². The van der Waals surface area contributed by atoms with E-state index in [0.717, 1.165) is 78.5 Å². The fourth-order valence-electron chi connectivity index (χ4n) is 2.98. The van der Waals surface area contributed by atoms with Crippen molar-refractivity contribution in [3.8, 4) is 0 Å². The summed E-state index contributed by atoms with van der Waals surface area (Å²) in [4.78, 5) is 4.47. The SMILES string of the molecule is CN1CNCCNCN(C)CNCCNC1.O=S(=O)(O)NC1CCCCC1. The molecule has 2 aliphatic rings. The largest absolute Gasteiger partial charge is 0.333 e. The average Bonchev–Trinajstić information content (AvgIpc) is 2.60. The van der Waals surface area contributed by atoms with Crippen molar-refractivity contribution in [1.82, 2.24) is 35.8 Å². The molecule has 6 N–H and O–H groups in total. The van der Waals surface area contributed by atoms with Gasteiger partial charge in [-0.2, -0.15) is 13.1 Å². The van der Waals surface area contributed by atoms with Crippen molar-refractivity contribution < 1.29 is 13.0 Å². The molecule has 1 heterocycles. The maximum atomic E-state index is 10.3. The van der Waals surface area contributed by atoms with Crippen LogP contribution < -0.4 is 26.0 Å². The molecule has 11 heteroatoms. The number of nitrogens with zero attached hydrogens (tertiary/aromatic N) is 2. The van der Waals surface area contributed by atoms with Gasteiger partial charge in [0.25, 0.3) is 0 Å². The standard InChI is InChI=1S/C10H26N6.C6H13NO3S/c1-15-7-11-3-5-13-9-16(2)10-14-6-4-12-8-15;8-11(9,10)7-6-4-2-1-3-5-6/h11-14H,3-10H2,1-2H3;6-7H,1-5H2,(H,8,9,10). The van der Waals surface area contributed by atoms with Crippen LogP contribution in [0.5, 0.6) is 0 Å². The Bertz CT molecular complexity index is 427. The van der Waals surface area contributed by atoms with E-state index in [2.05, 4.69) is 49.9 Å². The summed E-state index contributed by atoms with van der Waals surface area (Å²) < 4.78 is 31.3. The fraction of sp³-hybridized carbons (Fsp3) is 1.00. The van der Waals surface area contributed by atoms with Crippen LogP contribution in [-0.4, -0.2) is 95.8 Å². The van der Waals surface area contributed by atoms with E-state index in [9.17, 15) is 8.42 Å². The number of nitrogens with one attached hydrogen (secondary N) is 5. The van der Waals surface area contributed by atoms with Crippen molar-refractivity contribution in [3.63, 3.8) is 0 Å². The van der Waals surface area contributed by atoms with Gasteiger partial charge in [0.15, 0.2) is 0 Å². The lowest BCUT2D eigenvalue weighted by atomic mass is 9.96. The Hall–Kier alpha value is -0.370. The minimum atomic E-state index is -3.97. The molecule has 10 nitrogen and oxygen atoms in total. The van der Waals surface area contributed by atoms with E-state index in [1.807, 2.05) is 0 Å². The monoisotopic (exact) mass is 409 g/mol. The van der Waals surface area contributed by atoms with Crippen LogP contribution in [0, 0.1) is 0 Å². The molecule has 27 heavy (non-hydrogen) atoms. The van der Waals surface area contributed by atoms with Crippen LogP contribution in [0.3, 0.4) is 0 Å². The third kappa shape index (κ3) is 15.3. The van der Waals surface area contributed by atoms with E-state index >= 15 is 0 Å². The third-order valence-corrected chi connectivity index (χ3v) is 5.04. The molecule has 0 aromatic carbocycles. The van der Waals surface area contributed by atoms with Gasteiger partial charge in [0.2, 0.25) is 0 Å². The number of rotatable bonds is 2. The molecule has 0 unspecified atom stereocenters. The second-order valence-corrected chi connectivity index (χ2v) is 8.46. The fourth-order valence-corrected chi connectivity index (χ4v) is 3.63. The van der Waals surface area contributed by atoms with Crippen molar-refractivity contribution in [1.29, 1.82) is 0 Å². The molecule has 1 saturated carbocycles. The summed E-state index contributed by atoms with van der Waals surface area (Å²) in [6, 6.07) is -0.0428. The number of hydrogen-bond acceptors (Lipinski definition) is 8. The minimum absolute atomic E-state index is 0.0428. The molecular weight excluding hydrogens is 370 g/mol. The predicted molar refractivity (Wildman–Crippen MR) is 109 cm³/mol. The van der Waals surface area contributed by atoms with E-state index in [0.29, 0.717) is 0 Å². The zero-order chi connectivity index (χ0) is 20.0. The molecule has 0 aromatic rings. The Morgan fingerprint density at radius 1 is 0.778 bits per heavy atom. The molecule has 1 saturated heterocycles. The first-order valence-electron chi connectivity index (χ1n) is 9.81. The van der Waals surface area contributed by atoms with Crippen LogP contribution in [0.4, 0.5) is 0 Å².